The predicted molar refractivity (Wildman–Crippen MR) is 112 cm³/mol. The van der Waals surface area contributed by atoms with Crippen molar-refractivity contribution in [2.75, 3.05) is 25.5 Å². The zero-order valence-electron chi connectivity index (χ0n) is 16.0. The van der Waals surface area contributed by atoms with Crippen LogP contribution in [0.5, 0.6) is 5.75 Å². The van der Waals surface area contributed by atoms with Gasteiger partial charge in [0.15, 0.2) is 0 Å². The van der Waals surface area contributed by atoms with Gasteiger partial charge in [0.2, 0.25) is 15.9 Å². The Hall–Kier alpha value is -2.35. The molecule has 0 heterocycles. The van der Waals surface area contributed by atoms with Crippen molar-refractivity contribution < 1.29 is 17.9 Å². The van der Waals surface area contributed by atoms with Gasteiger partial charge in [-0.2, -0.15) is 4.31 Å². The van der Waals surface area contributed by atoms with Crippen LogP contribution >= 0.6 is 11.6 Å². The van der Waals surface area contributed by atoms with E-state index >= 15 is 0 Å². The fourth-order valence-electron chi connectivity index (χ4n) is 2.58. The molecule has 0 aliphatic carbocycles. The van der Waals surface area contributed by atoms with Gasteiger partial charge in [-0.05, 0) is 42.0 Å². The summed E-state index contributed by atoms with van der Waals surface area (Å²) in [4.78, 5) is 12.4. The fourth-order valence-corrected chi connectivity index (χ4v) is 4.19. The quantitative estimate of drug-likeness (QED) is 0.651. The van der Waals surface area contributed by atoms with Crippen molar-refractivity contribution in [3.63, 3.8) is 0 Å². The van der Waals surface area contributed by atoms with Crippen molar-refractivity contribution in [3.05, 3.63) is 59.1 Å². The third-order valence-electron chi connectivity index (χ3n) is 4.07. The summed E-state index contributed by atoms with van der Waals surface area (Å²) in [5.41, 5.74) is 1.09. The lowest BCUT2D eigenvalue weighted by molar-refractivity contribution is -0.111. The maximum atomic E-state index is 12.7. The van der Waals surface area contributed by atoms with E-state index in [2.05, 4.69) is 5.32 Å². The first-order valence-electron chi connectivity index (χ1n) is 8.74. The molecule has 2 rings (SSSR count). The minimum atomic E-state index is -3.65. The summed E-state index contributed by atoms with van der Waals surface area (Å²) in [5.74, 6) is -0.0441. The normalized spacial score (nSPS) is 11.8. The van der Waals surface area contributed by atoms with E-state index in [1.54, 1.807) is 44.2 Å². The van der Waals surface area contributed by atoms with Crippen LogP contribution in [0.3, 0.4) is 0 Å². The molecule has 28 heavy (non-hydrogen) atoms. The van der Waals surface area contributed by atoms with Gasteiger partial charge in [-0.25, -0.2) is 8.42 Å². The highest BCUT2D eigenvalue weighted by molar-refractivity contribution is 7.89. The number of anilines is 1. The number of amides is 1. The summed E-state index contributed by atoms with van der Waals surface area (Å²) < 4.78 is 32.0. The minimum Gasteiger partial charge on any atom is -0.495 e. The average Bonchev–Trinajstić information content (AvgIpc) is 2.68. The Bertz CT molecular complexity index is 953. The molecule has 0 saturated carbocycles. The number of halogens is 1. The van der Waals surface area contributed by atoms with Gasteiger partial charge >= 0.3 is 0 Å². The Morgan fingerprint density at radius 3 is 2.36 bits per heavy atom. The average molecular weight is 423 g/mol. The van der Waals surface area contributed by atoms with Crippen LogP contribution in [0.4, 0.5) is 5.69 Å². The van der Waals surface area contributed by atoms with Gasteiger partial charge in [0.1, 0.15) is 5.75 Å². The monoisotopic (exact) mass is 422 g/mol. The number of nitrogens with zero attached hydrogens (tertiary/aromatic N) is 1. The summed E-state index contributed by atoms with van der Waals surface area (Å²) in [6.45, 7) is 4.26. The van der Waals surface area contributed by atoms with Crippen LogP contribution in [0, 0.1) is 0 Å². The summed E-state index contributed by atoms with van der Waals surface area (Å²) >= 11 is 5.84. The second kappa shape index (κ2) is 9.73. The van der Waals surface area contributed by atoms with Gasteiger partial charge in [-0.15, -0.1) is 0 Å². The minimum absolute atomic E-state index is 0.0916. The lowest BCUT2D eigenvalue weighted by Crippen LogP contribution is -2.30. The highest BCUT2D eigenvalue weighted by Crippen LogP contribution is 2.29. The molecule has 0 aliphatic rings. The Morgan fingerprint density at radius 1 is 1.14 bits per heavy atom. The molecule has 0 aromatic heterocycles. The fraction of sp³-hybridized carbons (Fsp3) is 0.250. The number of sulfonamides is 1. The van der Waals surface area contributed by atoms with Gasteiger partial charge < -0.3 is 10.1 Å². The molecule has 1 N–H and O–H groups in total. The molecule has 0 atom stereocenters. The van der Waals surface area contributed by atoms with Crippen LogP contribution in [0.15, 0.2) is 53.4 Å². The van der Waals surface area contributed by atoms with Gasteiger partial charge in [0.05, 0.1) is 17.7 Å². The summed E-state index contributed by atoms with van der Waals surface area (Å²) in [6.07, 6.45) is 2.99. The van der Waals surface area contributed by atoms with Crippen molar-refractivity contribution in [3.8, 4) is 5.75 Å². The Kier molecular flexibility index (Phi) is 7.62. The van der Waals surface area contributed by atoms with Gasteiger partial charge in [0, 0.05) is 24.2 Å². The van der Waals surface area contributed by atoms with Gasteiger partial charge in [-0.1, -0.05) is 37.6 Å². The topological polar surface area (TPSA) is 75.7 Å². The molecule has 0 saturated heterocycles. The number of hydrogen-bond acceptors (Lipinski definition) is 4. The summed E-state index contributed by atoms with van der Waals surface area (Å²) in [6, 6.07) is 11.4. The second-order valence-corrected chi connectivity index (χ2v) is 8.20. The second-order valence-electron chi connectivity index (χ2n) is 5.83. The Morgan fingerprint density at radius 2 is 1.79 bits per heavy atom. The zero-order chi connectivity index (χ0) is 20.7. The highest BCUT2D eigenvalue weighted by atomic mass is 35.5. The van der Waals surface area contributed by atoms with Gasteiger partial charge in [-0.3, -0.25) is 4.79 Å². The van der Waals surface area contributed by atoms with Crippen molar-refractivity contribution >= 4 is 39.3 Å². The molecule has 0 aliphatic heterocycles. The number of benzene rings is 2. The van der Waals surface area contributed by atoms with E-state index in [-0.39, 0.29) is 10.6 Å². The molecule has 0 fully saturated rings. The van der Waals surface area contributed by atoms with Crippen LogP contribution in [0.25, 0.3) is 6.08 Å². The van der Waals surface area contributed by atoms with Gasteiger partial charge in [0.25, 0.3) is 0 Å². The smallest absolute Gasteiger partial charge is 0.248 e. The molecule has 0 radical (unpaired) electrons. The van der Waals surface area contributed by atoms with E-state index in [4.69, 9.17) is 16.3 Å². The molecular formula is C20H23ClN2O4S. The summed E-state index contributed by atoms with van der Waals surface area (Å²) in [5, 5.41) is 3.28. The standard InChI is InChI=1S/C20H23ClN2O4S/c1-4-23(5-2)28(25,26)17-11-12-19(27-3)18(14-17)22-20(24)13-8-15-6-9-16(21)10-7-15/h6-14H,4-5H2,1-3H3,(H,22,24)/b13-8+. The number of nitrogens with one attached hydrogen (secondary N) is 1. The van der Waals surface area contributed by atoms with E-state index in [1.807, 2.05) is 0 Å². The number of hydrogen-bond donors (Lipinski definition) is 1. The van der Waals surface area contributed by atoms with E-state index in [1.165, 1.54) is 35.7 Å². The number of carbonyl (C=O) groups excluding carboxylic acids is 1. The van der Waals surface area contributed by atoms with E-state index < -0.39 is 15.9 Å². The molecular weight excluding hydrogens is 400 g/mol. The van der Waals surface area contributed by atoms with E-state index in [0.717, 1.165) is 5.56 Å². The number of ether oxygens (including phenoxy) is 1. The van der Waals surface area contributed by atoms with E-state index in [9.17, 15) is 13.2 Å². The SMILES string of the molecule is CCN(CC)S(=O)(=O)c1ccc(OC)c(NC(=O)/C=C/c2ccc(Cl)cc2)c1. The lowest BCUT2D eigenvalue weighted by atomic mass is 10.2. The van der Waals surface area contributed by atoms with Crippen molar-refractivity contribution in [1.29, 1.82) is 0 Å². The first-order chi connectivity index (χ1) is 13.3. The molecule has 0 unspecified atom stereocenters. The Balaban J connectivity index is 2.26. The van der Waals surface area contributed by atoms with Crippen LogP contribution in [0.2, 0.25) is 5.02 Å². The molecule has 150 valence electrons. The molecule has 2 aromatic rings. The molecule has 6 nitrogen and oxygen atoms in total. The van der Waals surface area contributed by atoms with Crippen molar-refractivity contribution in [1.82, 2.24) is 4.31 Å². The van der Waals surface area contributed by atoms with Crippen LogP contribution in [-0.2, 0) is 14.8 Å². The first kappa shape index (κ1) is 21.9. The molecule has 0 bridgehead atoms. The number of methoxy groups -OCH3 is 1. The van der Waals surface area contributed by atoms with Crippen LogP contribution in [0.1, 0.15) is 19.4 Å². The maximum Gasteiger partial charge on any atom is 0.248 e. The third kappa shape index (κ3) is 5.34. The highest BCUT2D eigenvalue weighted by Gasteiger charge is 2.23. The summed E-state index contributed by atoms with van der Waals surface area (Å²) in [7, 11) is -2.20. The van der Waals surface area contributed by atoms with Crippen molar-refractivity contribution in [2.45, 2.75) is 18.7 Å². The molecule has 0 spiro atoms. The van der Waals surface area contributed by atoms with Crippen molar-refractivity contribution in [2.24, 2.45) is 0 Å². The lowest BCUT2D eigenvalue weighted by Gasteiger charge is -2.19. The van der Waals surface area contributed by atoms with E-state index in [0.29, 0.717) is 23.9 Å². The van der Waals surface area contributed by atoms with Crippen LogP contribution in [-0.4, -0.2) is 38.8 Å². The molecule has 2 aromatic carbocycles. The molecule has 1 amide bonds. The first-order valence-corrected chi connectivity index (χ1v) is 10.6. The predicted octanol–water partition coefficient (Wildman–Crippen LogP) is 4.03. The number of carbonyl (C=O) groups is 1. The zero-order valence-corrected chi connectivity index (χ0v) is 17.5. The van der Waals surface area contributed by atoms with Crippen LogP contribution < -0.4 is 10.1 Å². The number of rotatable bonds is 8. The molecule has 8 heteroatoms. The largest absolute Gasteiger partial charge is 0.495 e. The maximum absolute atomic E-state index is 12.7. The third-order valence-corrected chi connectivity index (χ3v) is 6.37. The Labute approximate surface area is 170 Å².